The summed E-state index contributed by atoms with van der Waals surface area (Å²) in [6.07, 6.45) is 4.30. The molecule has 2 atom stereocenters. The van der Waals surface area contributed by atoms with Crippen molar-refractivity contribution in [1.82, 2.24) is 19.9 Å². The molecule has 6 nitrogen and oxygen atoms in total. The van der Waals surface area contributed by atoms with Gasteiger partial charge in [-0.25, -0.2) is 0 Å². The smallest absolute Gasteiger partial charge is 0.225 e. The largest absolute Gasteiger partial charge is 0.341 e. The molecule has 1 aliphatic carbocycles. The second kappa shape index (κ2) is 6.99. The fourth-order valence-electron chi connectivity index (χ4n) is 5.25. The Morgan fingerprint density at radius 2 is 2.04 bits per heavy atom. The van der Waals surface area contributed by atoms with Crippen LogP contribution in [0.4, 0.5) is 0 Å². The molecule has 0 radical (unpaired) electrons. The number of likely N-dealkylation sites (tertiary alicyclic amines) is 2. The van der Waals surface area contributed by atoms with Crippen LogP contribution in [0, 0.1) is 18.8 Å². The molecular formula is C22H28N4O2. The molecule has 3 heterocycles. The van der Waals surface area contributed by atoms with E-state index in [1.54, 1.807) is 0 Å². The van der Waals surface area contributed by atoms with E-state index < -0.39 is 0 Å². The molecule has 2 aromatic rings. The van der Waals surface area contributed by atoms with Crippen LogP contribution in [-0.4, -0.2) is 52.0 Å². The van der Waals surface area contributed by atoms with Gasteiger partial charge in [0.1, 0.15) is 0 Å². The van der Waals surface area contributed by atoms with E-state index in [9.17, 15) is 4.79 Å². The third-order valence-electron chi connectivity index (χ3n) is 6.97. The van der Waals surface area contributed by atoms with Crippen molar-refractivity contribution in [3.05, 3.63) is 47.6 Å². The first-order chi connectivity index (χ1) is 13.6. The normalized spacial score (nSPS) is 28.2. The van der Waals surface area contributed by atoms with E-state index in [2.05, 4.69) is 50.3 Å². The minimum absolute atomic E-state index is 0.218. The van der Waals surface area contributed by atoms with Gasteiger partial charge in [0.2, 0.25) is 11.8 Å². The quantitative estimate of drug-likeness (QED) is 0.816. The van der Waals surface area contributed by atoms with E-state index in [-0.39, 0.29) is 11.3 Å². The summed E-state index contributed by atoms with van der Waals surface area (Å²) in [5, 5.41) is 4.34. The zero-order valence-electron chi connectivity index (χ0n) is 16.5. The van der Waals surface area contributed by atoms with Gasteiger partial charge in [0.05, 0.1) is 5.41 Å². The molecule has 6 heteroatoms. The van der Waals surface area contributed by atoms with Gasteiger partial charge in [-0.15, -0.1) is 0 Å². The van der Waals surface area contributed by atoms with Crippen molar-refractivity contribution in [3.63, 3.8) is 0 Å². The predicted molar refractivity (Wildman–Crippen MR) is 104 cm³/mol. The predicted octanol–water partition coefficient (Wildman–Crippen LogP) is 2.78. The highest BCUT2D eigenvalue weighted by atomic mass is 16.5. The number of carbonyl (C=O) groups is 1. The fraction of sp³-hybridized carbons (Fsp3) is 0.591. The average Bonchev–Trinajstić information content (AvgIpc) is 3.24. The van der Waals surface area contributed by atoms with Crippen LogP contribution in [0.1, 0.15) is 43.0 Å². The SMILES string of the molecule is Cc1nc([C@@]23CN(Cc4ccccc4)C[C@@H]2CCN(C(=O)C2CCC2)C3)no1. The van der Waals surface area contributed by atoms with E-state index >= 15 is 0 Å². The number of hydrogen-bond donors (Lipinski definition) is 0. The van der Waals surface area contributed by atoms with E-state index in [4.69, 9.17) is 4.52 Å². The standard InChI is InChI=1S/C22H28N4O2/c1-16-23-21(24-28-16)22-14-25(12-17-6-3-2-4-7-17)13-19(22)10-11-26(15-22)20(27)18-8-5-9-18/h2-4,6-7,18-19H,5,8-15H2,1H3/t19-,22+/m0/s1. The Kier molecular flexibility index (Phi) is 4.46. The topological polar surface area (TPSA) is 62.5 Å². The molecule has 0 spiro atoms. The lowest BCUT2D eigenvalue weighted by molar-refractivity contribution is -0.141. The number of rotatable bonds is 4. The van der Waals surface area contributed by atoms with Crippen LogP contribution in [0.2, 0.25) is 0 Å². The maximum atomic E-state index is 13.0. The van der Waals surface area contributed by atoms with Gasteiger partial charge in [0, 0.05) is 45.6 Å². The van der Waals surface area contributed by atoms with E-state index in [0.717, 1.165) is 57.8 Å². The zero-order chi connectivity index (χ0) is 19.1. The Bertz CT molecular complexity index is 847. The molecule has 2 aliphatic heterocycles. The number of benzene rings is 1. The average molecular weight is 380 g/mol. The Morgan fingerprint density at radius 1 is 1.21 bits per heavy atom. The summed E-state index contributed by atoms with van der Waals surface area (Å²) in [5.41, 5.74) is 1.10. The van der Waals surface area contributed by atoms with Gasteiger partial charge < -0.3 is 9.42 Å². The van der Waals surface area contributed by atoms with Crippen LogP contribution >= 0.6 is 0 Å². The Morgan fingerprint density at radius 3 is 2.71 bits per heavy atom. The van der Waals surface area contributed by atoms with Crippen LogP contribution in [0.15, 0.2) is 34.9 Å². The molecule has 3 fully saturated rings. The summed E-state index contributed by atoms with van der Waals surface area (Å²) in [6.45, 7) is 6.24. The highest BCUT2D eigenvalue weighted by molar-refractivity contribution is 5.80. The van der Waals surface area contributed by atoms with E-state index in [1.807, 2.05) is 6.92 Å². The molecule has 1 amide bonds. The van der Waals surface area contributed by atoms with Gasteiger partial charge in [-0.1, -0.05) is 41.9 Å². The van der Waals surface area contributed by atoms with Crippen LogP contribution in [0.3, 0.4) is 0 Å². The summed E-state index contributed by atoms with van der Waals surface area (Å²) in [4.78, 5) is 22.2. The molecule has 28 heavy (non-hydrogen) atoms. The minimum atomic E-state index is -0.218. The molecular weight excluding hydrogens is 352 g/mol. The lowest BCUT2D eigenvalue weighted by Crippen LogP contribution is -2.55. The van der Waals surface area contributed by atoms with Crippen molar-refractivity contribution < 1.29 is 9.32 Å². The third kappa shape index (κ3) is 3.04. The molecule has 5 rings (SSSR count). The van der Waals surface area contributed by atoms with Crippen molar-refractivity contribution in [2.24, 2.45) is 11.8 Å². The van der Waals surface area contributed by atoms with Crippen molar-refractivity contribution in [1.29, 1.82) is 0 Å². The number of aryl methyl sites for hydroxylation is 1. The van der Waals surface area contributed by atoms with Crippen molar-refractivity contribution >= 4 is 5.91 Å². The molecule has 2 saturated heterocycles. The Hall–Kier alpha value is -2.21. The summed E-state index contributed by atoms with van der Waals surface area (Å²) >= 11 is 0. The number of amides is 1. The van der Waals surface area contributed by atoms with Crippen molar-refractivity contribution in [2.45, 2.75) is 44.6 Å². The molecule has 0 unspecified atom stereocenters. The van der Waals surface area contributed by atoms with Crippen molar-refractivity contribution in [3.8, 4) is 0 Å². The summed E-state index contributed by atoms with van der Waals surface area (Å²) in [5.74, 6) is 2.43. The fourth-order valence-corrected chi connectivity index (χ4v) is 5.25. The zero-order valence-corrected chi connectivity index (χ0v) is 16.5. The van der Waals surface area contributed by atoms with Gasteiger partial charge >= 0.3 is 0 Å². The summed E-state index contributed by atoms with van der Waals surface area (Å²) in [6, 6.07) is 10.6. The van der Waals surface area contributed by atoms with Gasteiger partial charge in [0.15, 0.2) is 5.82 Å². The number of fused-ring (bicyclic) bond motifs is 1. The Labute approximate surface area is 165 Å². The number of carbonyl (C=O) groups excluding carboxylic acids is 1. The first kappa shape index (κ1) is 17.9. The molecule has 1 aromatic heterocycles. The molecule has 1 aromatic carbocycles. The number of aromatic nitrogens is 2. The second-order valence-electron chi connectivity index (χ2n) is 8.82. The molecule has 148 valence electrons. The number of piperidine rings is 1. The second-order valence-corrected chi connectivity index (χ2v) is 8.82. The van der Waals surface area contributed by atoms with Gasteiger partial charge in [-0.05, 0) is 30.7 Å². The highest BCUT2D eigenvalue weighted by Gasteiger charge is 2.54. The molecule has 3 aliphatic rings. The van der Waals surface area contributed by atoms with E-state index in [1.165, 1.54) is 12.0 Å². The van der Waals surface area contributed by atoms with Gasteiger partial charge in [-0.2, -0.15) is 4.98 Å². The number of nitrogens with zero attached hydrogens (tertiary/aromatic N) is 4. The lowest BCUT2D eigenvalue weighted by Gasteiger charge is -2.44. The van der Waals surface area contributed by atoms with E-state index in [0.29, 0.717) is 17.7 Å². The van der Waals surface area contributed by atoms with Crippen molar-refractivity contribution in [2.75, 3.05) is 26.2 Å². The molecule has 0 N–H and O–H groups in total. The molecule has 1 saturated carbocycles. The number of hydrogen-bond acceptors (Lipinski definition) is 5. The third-order valence-corrected chi connectivity index (χ3v) is 6.97. The maximum absolute atomic E-state index is 13.0. The monoisotopic (exact) mass is 380 g/mol. The minimum Gasteiger partial charge on any atom is -0.341 e. The van der Waals surface area contributed by atoms with Crippen LogP contribution in [0.25, 0.3) is 0 Å². The van der Waals surface area contributed by atoms with Crippen LogP contribution < -0.4 is 0 Å². The molecule has 0 bridgehead atoms. The highest BCUT2D eigenvalue weighted by Crippen LogP contribution is 2.44. The van der Waals surface area contributed by atoms with Crippen LogP contribution in [0.5, 0.6) is 0 Å². The van der Waals surface area contributed by atoms with Gasteiger partial charge in [-0.3, -0.25) is 9.69 Å². The summed E-state index contributed by atoms with van der Waals surface area (Å²) in [7, 11) is 0. The first-order valence-corrected chi connectivity index (χ1v) is 10.5. The van der Waals surface area contributed by atoms with Gasteiger partial charge in [0.25, 0.3) is 0 Å². The summed E-state index contributed by atoms with van der Waals surface area (Å²) < 4.78 is 5.37. The maximum Gasteiger partial charge on any atom is 0.225 e. The van der Waals surface area contributed by atoms with Crippen LogP contribution in [-0.2, 0) is 16.8 Å². The first-order valence-electron chi connectivity index (χ1n) is 10.5. The lowest BCUT2D eigenvalue weighted by atomic mass is 9.72. The Balaban J connectivity index is 1.41.